The van der Waals surface area contributed by atoms with Gasteiger partial charge in [0.05, 0.1) is 23.0 Å². The topological polar surface area (TPSA) is 46.1 Å². The van der Waals surface area contributed by atoms with Gasteiger partial charge in [-0.3, -0.25) is 4.79 Å². The summed E-state index contributed by atoms with van der Waals surface area (Å²) in [5.74, 6) is 0. The van der Waals surface area contributed by atoms with Crippen molar-refractivity contribution in [2.45, 2.75) is 0 Å². The predicted molar refractivity (Wildman–Crippen MR) is 70.1 cm³/mol. The molecule has 0 N–H and O–H groups in total. The highest BCUT2D eigenvalue weighted by Gasteiger charge is 2.14. The summed E-state index contributed by atoms with van der Waals surface area (Å²) in [5.41, 5.74) is 3.11. The van der Waals surface area contributed by atoms with Crippen molar-refractivity contribution in [2.24, 2.45) is 0 Å². The molecule has 0 atom stereocenters. The molecule has 2 aromatic rings. The fraction of sp³-hybridized carbons (Fsp3) is 0.222. The Hall–Kier alpha value is -0.760. The third-order valence-corrected chi connectivity index (χ3v) is 3.20. The van der Waals surface area contributed by atoms with Gasteiger partial charge >= 0.3 is 0 Å². The zero-order valence-electron chi connectivity index (χ0n) is 8.19. The number of fused-ring (bicyclic) bond motifs is 1. The molecule has 6 heteroatoms. The van der Waals surface area contributed by atoms with E-state index < -0.39 is 0 Å². The number of rotatable bonds is 2. The minimum Gasteiger partial charge on any atom is -0.376 e. The molecule has 0 aliphatic rings. The number of carbonyl (C=O) groups is 1. The molecule has 2 rings (SSSR count). The fourth-order valence-electron chi connectivity index (χ4n) is 1.37. The molecular weight excluding hydrogens is 325 g/mol. The number of hydrogen-bond donors (Lipinski definition) is 0. The van der Waals surface area contributed by atoms with E-state index in [0.29, 0.717) is 11.1 Å². The quantitative estimate of drug-likeness (QED) is 0.625. The van der Waals surface area contributed by atoms with E-state index in [4.69, 9.17) is 0 Å². The van der Waals surface area contributed by atoms with Crippen LogP contribution in [-0.4, -0.2) is 26.6 Å². The van der Waals surface area contributed by atoms with E-state index >= 15 is 0 Å². The summed E-state index contributed by atoms with van der Waals surface area (Å²) in [5, 5.41) is 0. The molecule has 0 aliphatic heterocycles. The standard InChI is InChI=1S/C9H8IN3OS/c1-13(2)6-4-3-5(9(10)14)7-8(6)12-15-11-7/h3-4H,1-2H3. The van der Waals surface area contributed by atoms with E-state index in [2.05, 4.69) is 8.75 Å². The number of aromatic nitrogens is 2. The first-order valence-corrected chi connectivity index (χ1v) is 6.04. The molecular formula is C9H8IN3OS. The molecule has 0 aliphatic carbocycles. The van der Waals surface area contributed by atoms with Gasteiger partial charge in [-0.25, -0.2) is 0 Å². The second-order valence-electron chi connectivity index (χ2n) is 3.26. The Morgan fingerprint density at radius 2 is 2.00 bits per heavy atom. The lowest BCUT2D eigenvalue weighted by Crippen LogP contribution is -2.09. The van der Waals surface area contributed by atoms with E-state index in [-0.39, 0.29) is 3.79 Å². The number of benzene rings is 1. The van der Waals surface area contributed by atoms with Gasteiger partial charge in [-0.2, -0.15) is 8.75 Å². The van der Waals surface area contributed by atoms with Crippen LogP contribution in [0.25, 0.3) is 11.0 Å². The van der Waals surface area contributed by atoms with Crippen LogP contribution in [-0.2, 0) is 0 Å². The minimum absolute atomic E-state index is 0.00407. The molecule has 0 saturated carbocycles. The second kappa shape index (κ2) is 4.01. The van der Waals surface area contributed by atoms with Gasteiger partial charge in [0.2, 0.25) is 3.79 Å². The molecule has 15 heavy (non-hydrogen) atoms. The van der Waals surface area contributed by atoms with Crippen LogP contribution in [0.4, 0.5) is 5.69 Å². The van der Waals surface area contributed by atoms with E-state index in [1.165, 1.54) is 0 Å². The average Bonchev–Trinajstić information content (AvgIpc) is 2.63. The van der Waals surface area contributed by atoms with Gasteiger partial charge in [0.15, 0.2) is 0 Å². The number of hydrogen-bond acceptors (Lipinski definition) is 5. The molecule has 78 valence electrons. The van der Waals surface area contributed by atoms with Gasteiger partial charge in [0.1, 0.15) is 11.0 Å². The van der Waals surface area contributed by atoms with Gasteiger partial charge in [-0.1, -0.05) is 0 Å². The van der Waals surface area contributed by atoms with Crippen molar-refractivity contribution in [3.05, 3.63) is 17.7 Å². The summed E-state index contributed by atoms with van der Waals surface area (Å²) in [4.78, 5) is 13.3. The number of carbonyl (C=O) groups excluding carboxylic acids is 1. The maximum absolute atomic E-state index is 11.3. The summed E-state index contributed by atoms with van der Waals surface area (Å²) >= 11 is 2.90. The maximum atomic E-state index is 11.3. The highest BCUT2D eigenvalue weighted by Crippen LogP contribution is 2.27. The normalized spacial score (nSPS) is 10.6. The van der Waals surface area contributed by atoms with Gasteiger partial charge in [0.25, 0.3) is 0 Å². The highest BCUT2D eigenvalue weighted by atomic mass is 127. The lowest BCUT2D eigenvalue weighted by atomic mass is 10.1. The number of halogens is 1. The molecule has 1 aromatic carbocycles. The van der Waals surface area contributed by atoms with Crippen LogP contribution in [0.15, 0.2) is 12.1 Å². The zero-order valence-corrected chi connectivity index (χ0v) is 11.2. The Kier molecular flexibility index (Phi) is 2.87. The summed E-state index contributed by atoms with van der Waals surface area (Å²) in [6.07, 6.45) is 0. The van der Waals surface area contributed by atoms with Crippen LogP contribution in [0.2, 0.25) is 0 Å². The van der Waals surface area contributed by atoms with Crippen molar-refractivity contribution in [1.82, 2.24) is 8.75 Å². The van der Waals surface area contributed by atoms with Gasteiger partial charge < -0.3 is 4.90 Å². The smallest absolute Gasteiger partial charge is 0.224 e. The zero-order chi connectivity index (χ0) is 11.0. The third kappa shape index (κ3) is 1.83. The molecule has 1 aromatic heterocycles. The molecule has 4 nitrogen and oxygen atoms in total. The van der Waals surface area contributed by atoms with Crippen molar-refractivity contribution in [1.29, 1.82) is 0 Å². The second-order valence-corrected chi connectivity index (χ2v) is 4.77. The number of anilines is 1. The maximum Gasteiger partial charge on any atom is 0.224 e. The van der Waals surface area contributed by atoms with Crippen LogP contribution < -0.4 is 4.90 Å². The van der Waals surface area contributed by atoms with E-state index in [1.54, 1.807) is 28.7 Å². The van der Waals surface area contributed by atoms with Crippen molar-refractivity contribution in [2.75, 3.05) is 19.0 Å². The SMILES string of the molecule is CN(C)c1ccc(C(=O)I)c2nsnc12. The lowest BCUT2D eigenvalue weighted by molar-refractivity contribution is 0.110. The summed E-state index contributed by atoms with van der Waals surface area (Å²) in [6.45, 7) is 0. The summed E-state index contributed by atoms with van der Waals surface area (Å²) < 4.78 is 8.37. The van der Waals surface area contributed by atoms with Gasteiger partial charge in [-0.05, 0) is 12.1 Å². The van der Waals surface area contributed by atoms with Crippen molar-refractivity contribution >= 4 is 54.8 Å². The van der Waals surface area contributed by atoms with E-state index in [1.807, 2.05) is 25.1 Å². The third-order valence-electron chi connectivity index (χ3n) is 2.09. The summed E-state index contributed by atoms with van der Waals surface area (Å²) in [6, 6.07) is 3.70. The van der Waals surface area contributed by atoms with Crippen molar-refractivity contribution in [3.63, 3.8) is 0 Å². The Balaban J connectivity index is 2.76. The predicted octanol–water partition coefficient (Wildman–Crippen LogP) is 2.33. The van der Waals surface area contributed by atoms with Crippen molar-refractivity contribution < 1.29 is 4.79 Å². The van der Waals surface area contributed by atoms with Crippen LogP contribution in [0.1, 0.15) is 10.4 Å². The van der Waals surface area contributed by atoms with Crippen LogP contribution in [0.3, 0.4) is 0 Å². The average molecular weight is 333 g/mol. The monoisotopic (exact) mass is 333 g/mol. The first-order valence-electron chi connectivity index (χ1n) is 4.23. The lowest BCUT2D eigenvalue weighted by Gasteiger charge is -2.12. The van der Waals surface area contributed by atoms with Crippen molar-refractivity contribution in [3.8, 4) is 0 Å². The van der Waals surface area contributed by atoms with Gasteiger partial charge in [0, 0.05) is 36.7 Å². The van der Waals surface area contributed by atoms with Crippen LogP contribution in [0.5, 0.6) is 0 Å². The van der Waals surface area contributed by atoms with Crippen LogP contribution in [0, 0.1) is 0 Å². The number of nitrogens with zero attached hydrogens (tertiary/aromatic N) is 3. The minimum atomic E-state index is -0.00407. The molecule has 0 unspecified atom stereocenters. The molecule has 0 fully saturated rings. The molecule has 1 heterocycles. The fourth-order valence-corrected chi connectivity index (χ4v) is 2.38. The molecule has 0 radical (unpaired) electrons. The van der Waals surface area contributed by atoms with Crippen LogP contribution >= 0.6 is 34.3 Å². The largest absolute Gasteiger partial charge is 0.376 e. The Labute approximate surface area is 105 Å². The molecule has 0 spiro atoms. The molecule has 0 saturated heterocycles. The van der Waals surface area contributed by atoms with E-state index in [9.17, 15) is 4.79 Å². The Morgan fingerprint density at radius 1 is 1.33 bits per heavy atom. The Morgan fingerprint density at radius 3 is 2.60 bits per heavy atom. The summed E-state index contributed by atoms with van der Waals surface area (Å²) in [7, 11) is 3.89. The first kappa shape index (κ1) is 10.7. The van der Waals surface area contributed by atoms with E-state index in [0.717, 1.165) is 22.9 Å². The Bertz CT molecular complexity index is 523. The molecule has 0 bridgehead atoms. The highest BCUT2D eigenvalue weighted by molar-refractivity contribution is 14.1. The molecule has 0 amide bonds. The van der Waals surface area contributed by atoms with Gasteiger partial charge in [-0.15, -0.1) is 0 Å². The first-order chi connectivity index (χ1) is 7.11.